The molecule has 0 unspecified atom stereocenters. The zero-order chi connectivity index (χ0) is 13.8. The van der Waals surface area contributed by atoms with Crippen molar-refractivity contribution >= 4 is 28.7 Å². The number of pyridine rings is 1. The van der Waals surface area contributed by atoms with Crippen molar-refractivity contribution in [3.8, 4) is 0 Å². The molecule has 0 saturated carbocycles. The molecule has 6 heteroatoms. The van der Waals surface area contributed by atoms with Gasteiger partial charge in [-0.25, -0.2) is 9.78 Å². The molecule has 4 nitrogen and oxygen atoms in total. The number of ether oxygens (including phenoxy) is 1. The van der Waals surface area contributed by atoms with Crippen LogP contribution in [0.1, 0.15) is 26.3 Å². The number of hydrogen-bond donors (Lipinski definition) is 1. The number of carbonyl (C=O) groups excluding carboxylic acids is 1. The molecule has 18 heavy (non-hydrogen) atoms. The summed E-state index contributed by atoms with van der Waals surface area (Å²) < 4.78 is 18.7. The Morgan fingerprint density at radius 3 is 2.78 bits per heavy atom. The zero-order valence-electron chi connectivity index (χ0n) is 10.6. The number of amides is 1. The second-order valence-electron chi connectivity index (χ2n) is 4.78. The molecule has 1 aromatic heterocycles. The monoisotopic (exact) mass is 366 g/mol. The van der Waals surface area contributed by atoms with Gasteiger partial charge < -0.3 is 10.1 Å². The van der Waals surface area contributed by atoms with Gasteiger partial charge in [-0.15, -0.1) is 0 Å². The van der Waals surface area contributed by atoms with Crippen LogP contribution in [-0.4, -0.2) is 23.2 Å². The van der Waals surface area contributed by atoms with Crippen LogP contribution in [0, 0.1) is 9.52 Å². The van der Waals surface area contributed by atoms with Gasteiger partial charge in [0.25, 0.3) is 0 Å². The summed E-state index contributed by atoms with van der Waals surface area (Å²) in [5.41, 5.74) is 0.392. The van der Waals surface area contributed by atoms with Crippen molar-refractivity contribution in [1.82, 2.24) is 10.3 Å². The normalized spacial score (nSPS) is 11.2. The van der Waals surface area contributed by atoms with Crippen LogP contribution in [0.5, 0.6) is 0 Å². The number of nitrogens with one attached hydrogen (secondary N) is 1. The molecule has 0 aliphatic heterocycles. The Bertz CT molecular complexity index is 433. The van der Waals surface area contributed by atoms with E-state index in [4.69, 9.17) is 4.74 Å². The van der Waals surface area contributed by atoms with E-state index in [9.17, 15) is 9.18 Å². The lowest BCUT2D eigenvalue weighted by molar-refractivity contribution is 0.0528. The highest BCUT2D eigenvalue weighted by molar-refractivity contribution is 14.1. The Labute approximate surface area is 119 Å². The summed E-state index contributed by atoms with van der Waals surface area (Å²) in [6.07, 6.45) is 1.62. The number of alkyl carbamates (subject to hydrolysis) is 1. The first-order valence-corrected chi connectivity index (χ1v) is 6.62. The fourth-order valence-corrected chi connectivity index (χ4v) is 1.90. The molecule has 1 aromatic rings. The summed E-state index contributed by atoms with van der Waals surface area (Å²) in [6.45, 7) is 5.84. The predicted octanol–water partition coefficient (Wildman–Crippen LogP) is 2.89. The van der Waals surface area contributed by atoms with Gasteiger partial charge in [-0.05, 0) is 55.3 Å². The second kappa shape index (κ2) is 6.31. The molecular weight excluding hydrogens is 350 g/mol. The van der Waals surface area contributed by atoms with Crippen LogP contribution < -0.4 is 5.32 Å². The van der Waals surface area contributed by atoms with E-state index >= 15 is 0 Å². The van der Waals surface area contributed by atoms with Crippen LogP contribution in [-0.2, 0) is 11.2 Å². The van der Waals surface area contributed by atoms with Gasteiger partial charge in [-0.2, -0.15) is 4.39 Å². The molecule has 0 saturated heterocycles. The van der Waals surface area contributed by atoms with Crippen LogP contribution in [0.2, 0.25) is 0 Å². The molecule has 0 spiro atoms. The van der Waals surface area contributed by atoms with Crippen LogP contribution in [0.25, 0.3) is 0 Å². The van der Waals surface area contributed by atoms with Crippen LogP contribution in [0.15, 0.2) is 12.3 Å². The molecule has 0 atom stereocenters. The van der Waals surface area contributed by atoms with Gasteiger partial charge in [0.2, 0.25) is 5.95 Å². The number of hydrogen-bond acceptors (Lipinski definition) is 3. The summed E-state index contributed by atoms with van der Waals surface area (Å²) in [6, 6.07) is 1.36. The minimum atomic E-state index is -0.504. The van der Waals surface area contributed by atoms with Gasteiger partial charge in [0.05, 0.1) is 0 Å². The molecule has 0 aliphatic rings. The highest BCUT2D eigenvalue weighted by Gasteiger charge is 2.15. The van der Waals surface area contributed by atoms with Crippen molar-refractivity contribution in [2.75, 3.05) is 6.54 Å². The molecule has 0 bridgehead atoms. The predicted molar refractivity (Wildman–Crippen MR) is 74.9 cm³/mol. The Balaban J connectivity index is 2.40. The summed E-state index contributed by atoms with van der Waals surface area (Å²) in [5.74, 6) is -0.497. The van der Waals surface area contributed by atoms with Crippen molar-refractivity contribution in [2.45, 2.75) is 32.8 Å². The van der Waals surface area contributed by atoms with E-state index in [1.165, 1.54) is 12.3 Å². The Morgan fingerprint density at radius 1 is 1.56 bits per heavy atom. The zero-order valence-corrected chi connectivity index (χ0v) is 12.7. The maximum Gasteiger partial charge on any atom is 0.407 e. The summed E-state index contributed by atoms with van der Waals surface area (Å²) in [7, 11) is 0. The van der Waals surface area contributed by atoms with Gasteiger partial charge in [-0.1, -0.05) is 0 Å². The Morgan fingerprint density at radius 2 is 2.22 bits per heavy atom. The van der Waals surface area contributed by atoms with Gasteiger partial charge in [0.1, 0.15) is 5.60 Å². The maximum atomic E-state index is 12.8. The van der Waals surface area contributed by atoms with Crippen LogP contribution >= 0.6 is 22.6 Å². The molecular formula is C12H16FIN2O2. The van der Waals surface area contributed by atoms with Crippen LogP contribution in [0.4, 0.5) is 9.18 Å². The fraction of sp³-hybridized carbons (Fsp3) is 0.500. The van der Waals surface area contributed by atoms with E-state index in [2.05, 4.69) is 10.3 Å². The van der Waals surface area contributed by atoms with E-state index in [0.29, 0.717) is 13.0 Å². The third-order valence-electron chi connectivity index (χ3n) is 1.96. The lowest BCUT2D eigenvalue weighted by atomic mass is 10.2. The van der Waals surface area contributed by atoms with E-state index in [-0.39, 0.29) is 0 Å². The molecule has 0 radical (unpaired) electrons. The van der Waals surface area contributed by atoms with Crippen molar-refractivity contribution in [2.24, 2.45) is 0 Å². The number of nitrogens with zero attached hydrogens (tertiary/aromatic N) is 1. The van der Waals surface area contributed by atoms with E-state index in [1.54, 1.807) is 20.8 Å². The SMILES string of the molecule is CC(C)(C)OC(=O)NCCc1cnc(F)cc1I. The van der Waals surface area contributed by atoms with Crippen LogP contribution in [0.3, 0.4) is 0 Å². The molecule has 0 aliphatic carbocycles. The first kappa shape index (κ1) is 15.1. The lowest BCUT2D eigenvalue weighted by Crippen LogP contribution is -2.33. The minimum absolute atomic E-state index is 0.429. The maximum absolute atomic E-state index is 12.8. The number of aromatic nitrogens is 1. The smallest absolute Gasteiger partial charge is 0.407 e. The summed E-state index contributed by atoms with van der Waals surface area (Å²) in [5, 5.41) is 2.64. The highest BCUT2D eigenvalue weighted by Crippen LogP contribution is 2.12. The first-order chi connectivity index (χ1) is 8.28. The standard InChI is InChI=1S/C12H16FIN2O2/c1-12(2,3)18-11(17)15-5-4-8-7-16-10(13)6-9(8)14/h6-7H,4-5H2,1-3H3,(H,15,17). The molecule has 1 heterocycles. The largest absolute Gasteiger partial charge is 0.444 e. The molecule has 1 N–H and O–H groups in total. The van der Waals surface area contributed by atoms with E-state index in [1.807, 2.05) is 22.6 Å². The molecule has 0 fully saturated rings. The number of carbonyl (C=O) groups is 1. The highest BCUT2D eigenvalue weighted by atomic mass is 127. The number of rotatable bonds is 3. The number of halogens is 2. The summed E-state index contributed by atoms with van der Waals surface area (Å²) >= 11 is 2.04. The molecule has 1 rings (SSSR count). The topological polar surface area (TPSA) is 51.2 Å². The molecule has 0 aromatic carbocycles. The Hall–Kier alpha value is -0.920. The van der Waals surface area contributed by atoms with Gasteiger partial charge >= 0.3 is 6.09 Å². The quantitative estimate of drug-likeness (QED) is 0.661. The third-order valence-corrected chi connectivity index (χ3v) is 2.96. The van der Waals surface area contributed by atoms with E-state index < -0.39 is 17.6 Å². The third kappa shape index (κ3) is 5.61. The molecule has 100 valence electrons. The van der Waals surface area contributed by atoms with Crippen molar-refractivity contribution < 1.29 is 13.9 Å². The van der Waals surface area contributed by atoms with Crippen molar-refractivity contribution in [3.63, 3.8) is 0 Å². The fourth-order valence-electron chi connectivity index (χ4n) is 1.23. The molecule has 1 amide bonds. The average molecular weight is 366 g/mol. The average Bonchev–Trinajstić information content (AvgIpc) is 2.18. The van der Waals surface area contributed by atoms with Crippen molar-refractivity contribution in [1.29, 1.82) is 0 Å². The van der Waals surface area contributed by atoms with E-state index in [0.717, 1.165) is 9.13 Å². The van der Waals surface area contributed by atoms with Gasteiger partial charge in [0.15, 0.2) is 0 Å². The van der Waals surface area contributed by atoms with Gasteiger partial charge in [0, 0.05) is 22.4 Å². The van der Waals surface area contributed by atoms with Gasteiger partial charge in [-0.3, -0.25) is 0 Å². The Kier molecular flexibility index (Phi) is 5.30. The van der Waals surface area contributed by atoms with Crippen molar-refractivity contribution in [3.05, 3.63) is 27.3 Å². The lowest BCUT2D eigenvalue weighted by Gasteiger charge is -2.19. The summed E-state index contributed by atoms with van der Waals surface area (Å²) in [4.78, 5) is 15.0. The first-order valence-electron chi connectivity index (χ1n) is 5.55. The minimum Gasteiger partial charge on any atom is -0.444 e. The second-order valence-corrected chi connectivity index (χ2v) is 5.94.